The summed E-state index contributed by atoms with van der Waals surface area (Å²) in [6, 6.07) is 6.15. The van der Waals surface area contributed by atoms with Crippen LogP contribution in [0.4, 0.5) is 5.69 Å². The van der Waals surface area contributed by atoms with E-state index in [-0.39, 0.29) is 18.3 Å². The number of carbonyl (C=O) groups excluding carboxylic acids is 1. The molecule has 0 radical (unpaired) electrons. The summed E-state index contributed by atoms with van der Waals surface area (Å²) in [6.45, 7) is 4.29. The van der Waals surface area contributed by atoms with Crippen LogP contribution in [0.1, 0.15) is 18.4 Å². The van der Waals surface area contributed by atoms with Gasteiger partial charge in [0.1, 0.15) is 0 Å². The van der Waals surface area contributed by atoms with Crippen molar-refractivity contribution in [2.75, 3.05) is 32.0 Å². The first kappa shape index (κ1) is 18.2. The lowest BCUT2D eigenvalue weighted by molar-refractivity contribution is -0.117. The average molecular weight is 332 g/mol. The molecular formula is C15H23Cl2N3O. The Bertz CT molecular complexity index is 474. The second-order valence-electron chi connectivity index (χ2n) is 5.30. The number of hydrogen-bond acceptors (Lipinski definition) is 3. The Hall–Kier alpha value is -0.810. The van der Waals surface area contributed by atoms with E-state index < -0.39 is 0 Å². The molecular weight excluding hydrogens is 309 g/mol. The van der Waals surface area contributed by atoms with E-state index in [0.29, 0.717) is 17.6 Å². The van der Waals surface area contributed by atoms with Gasteiger partial charge in [-0.25, -0.2) is 0 Å². The second-order valence-corrected chi connectivity index (χ2v) is 5.71. The van der Waals surface area contributed by atoms with E-state index in [1.807, 2.05) is 32.2 Å². The molecule has 2 rings (SSSR count). The summed E-state index contributed by atoms with van der Waals surface area (Å²) in [5.41, 5.74) is 1.71. The zero-order valence-electron chi connectivity index (χ0n) is 12.5. The summed E-state index contributed by atoms with van der Waals surface area (Å²) in [6.07, 6.45) is 2.19. The molecule has 0 saturated carbocycles. The minimum absolute atomic E-state index is 0. The molecule has 1 saturated heterocycles. The van der Waals surface area contributed by atoms with Gasteiger partial charge in [0.2, 0.25) is 5.91 Å². The molecule has 2 N–H and O–H groups in total. The van der Waals surface area contributed by atoms with Crippen molar-refractivity contribution in [3.63, 3.8) is 0 Å². The van der Waals surface area contributed by atoms with Crippen molar-refractivity contribution in [2.45, 2.75) is 25.8 Å². The molecule has 1 aliphatic heterocycles. The van der Waals surface area contributed by atoms with Crippen molar-refractivity contribution in [2.24, 2.45) is 0 Å². The highest BCUT2D eigenvalue weighted by Crippen LogP contribution is 2.22. The predicted molar refractivity (Wildman–Crippen MR) is 90.6 cm³/mol. The van der Waals surface area contributed by atoms with Crippen LogP contribution in [-0.4, -0.2) is 43.5 Å². The monoisotopic (exact) mass is 331 g/mol. The molecule has 21 heavy (non-hydrogen) atoms. The van der Waals surface area contributed by atoms with E-state index in [4.69, 9.17) is 11.6 Å². The number of anilines is 1. The van der Waals surface area contributed by atoms with Crippen LogP contribution in [0.3, 0.4) is 0 Å². The summed E-state index contributed by atoms with van der Waals surface area (Å²) >= 11 is 6.05. The Balaban J connectivity index is 0.00000220. The minimum atomic E-state index is 0. The van der Waals surface area contributed by atoms with Gasteiger partial charge in [0.05, 0.1) is 6.54 Å². The first-order valence-corrected chi connectivity index (χ1v) is 7.42. The molecule has 1 aromatic carbocycles. The molecule has 1 amide bonds. The molecule has 0 unspecified atom stereocenters. The van der Waals surface area contributed by atoms with Crippen LogP contribution in [0.5, 0.6) is 0 Å². The van der Waals surface area contributed by atoms with Gasteiger partial charge in [-0.2, -0.15) is 0 Å². The molecule has 0 bridgehead atoms. The molecule has 0 spiro atoms. The van der Waals surface area contributed by atoms with Crippen molar-refractivity contribution in [3.05, 3.63) is 28.8 Å². The van der Waals surface area contributed by atoms with Crippen molar-refractivity contribution in [3.8, 4) is 0 Å². The summed E-state index contributed by atoms with van der Waals surface area (Å²) in [5.74, 6) is 0.0262. The fourth-order valence-electron chi connectivity index (χ4n) is 2.52. The highest BCUT2D eigenvalue weighted by Gasteiger charge is 2.19. The molecule has 118 valence electrons. The zero-order chi connectivity index (χ0) is 14.5. The van der Waals surface area contributed by atoms with Crippen LogP contribution in [0.15, 0.2) is 18.2 Å². The number of halogens is 2. The Morgan fingerprint density at radius 3 is 2.67 bits per heavy atom. The highest BCUT2D eigenvalue weighted by molar-refractivity contribution is 6.31. The van der Waals surface area contributed by atoms with Crippen LogP contribution < -0.4 is 10.6 Å². The van der Waals surface area contributed by atoms with E-state index in [1.54, 1.807) is 0 Å². The average Bonchev–Trinajstić information content (AvgIpc) is 2.45. The van der Waals surface area contributed by atoms with Crippen molar-refractivity contribution in [1.29, 1.82) is 0 Å². The summed E-state index contributed by atoms with van der Waals surface area (Å²) in [5, 5.41) is 6.91. The third kappa shape index (κ3) is 5.15. The van der Waals surface area contributed by atoms with E-state index in [0.717, 1.165) is 37.2 Å². The van der Waals surface area contributed by atoms with Crippen molar-refractivity contribution in [1.82, 2.24) is 10.2 Å². The Labute approximate surface area is 137 Å². The number of amides is 1. The van der Waals surface area contributed by atoms with Gasteiger partial charge in [0, 0.05) is 29.8 Å². The maximum Gasteiger partial charge on any atom is 0.238 e. The maximum atomic E-state index is 12.1. The van der Waals surface area contributed by atoms with Crippen molar-refractivity contribution < 1.29 is 4.79 Å². The van der Waals surface area contributed by atoms with Crippen LogP contribution in [0, 0.1) is 6.92 Å². The number of nitrogens with one attached hydrogen (secondary N) is 2. The first-order chi connectivity index (χ1) is 9.60. The van der Waals surface area contributed by atoms with Gasteiger partial charge in [0.15, 0.2) is 0 Å². The Morgan fingerprint density at radius 1 is 1.38 bits per heavy atom. The molecule has 1 heterocycles. The van der Waals surface area contributed by atoms with E-state index in [1.165, 1.54) is 0 Å². The number of carbonyl (C=O) groups is 1. The lowest BCUT2D eigenvalue weighted by Crippen LogP contribution is -2.44. The van der Waals surface area contributed by atoms with E-state index in [2.05, 4.69) is 15.5 Å². The smallest absolute Gasteiger partial charge is 0.238 e. The van der Waals surface area contributed by atoms with E-state index >= 15 is 0 Å². The third-order valence-corrected chi connectivity index (χ3v) is 4.31. The molecule has 6 heteroatoms. The fraction of sp³-hybridized carbons (Fsp3) is 0.533. The first-order valence-electron chi connectivity index (χ1n) is 7.04. The van der Waals surface area contributed by atoms with Crippen molar-refractivity contribution >= 4 is 35.6 Å². The molecule has 1 aromatic rings. The molecule has 0 aliphatic carbocycles. The Kier molecular flexibility index (Phi) is 7.46. The quantitative estimate of drug-likeness (QED) is 0.891. The van der Waals surface area contributed by atoms with Crippen LogP contribution >= 0.6 is 24.0 Å². The lowest BCUT2D eigenvalue weighted by Gasteiger charge is -2.31. The largest absolute Gasteiger partial charge is 0.325 e. The summed E-state index contributed by atoms with van der Waals surface area (Å²) in [7, 11) is 1.99. The van der Waals surface area contributed by atoms with Crippen LogP contribution in [0.2, 0.25) is 5.02 Å². The fourth-order valence-corrected chi connectivity index (χ4v) is 2.69. The highest BCUT2D eigenvalue weighted by atomic mass is 35.5. The molecule has 1 fully saturated rings. The zero-order valence-corrected chi connectivity index (χ0v) is 14.1. The SMILES string of the molecule is CNC1CCN(CC(=O)Nc2cccc(Cl)c2C)CC1.Cl. The number of rotatable bonds is 4. The van der Waals surface area contributed by atoms with Gasteiger partial charge < -0.3 is 10.6 Å². The normalized spacial score (nSPS) is 16.3. The van der Waals surface area contributed by atoms with E-state index in [9.17, 15) is 4.79 Å². The van der Waals surface area contributed by atoms with Crippen LogP contribution in [0.25, 0.3) is 0 Å². The third-order valence-electron chi connectivity index (χ3n) is 3.90. The van der Waals surface area contributed by atoms with Crippen LogP contribution in [-0.2, 0) is 4.79 Å². The standard InChI is InChI=1S/C15H22ClN3O.ClH/c1-11-13(16)4-3-5-14(11)18-15(20)10-19-8-6-12(17-2)7-9-19;/h3-5,12,17H,6-10H2,1-2H3,(H,18,20);1H. The molecule has 1 aliphatic rings. The van der Waals surface area contributed by atoms with Gasteiger partial charge in [-0.1, -0.05) is 17.7 Å². The number of piperidine rings is 1. The predicted octanol–water partition coefficient (Wildman–Crippen LogP) is 2.69. The topological polar surface area (TPSA) is 44.4 Å². The summed E-state index contributed by atoms with van der Waals surface area (Å²) in [4.78, 5) is 14.3. The Morgan fingerprint density at radius 2 is 2.05 bits per heavy atom. The number of hydrogen-bond donors (Lipinski definition) is 2. The minimum Gasteiger partial charge on any atom is -0.325 e. The molecule has 0 aromatic heterocycles. The number of benzene rings is 1. The number of likely N-dealkylation sites (tertiary alicyclic amines) is 1. The summed E-state index contributed by atoms with van der Waals surface area (Å²) < 4.78 is 0. The van der Waals surface area contributed by atoms with Gasteiger partial charge in [-0.3, -0.25) is 9.69 Å². The maximum absolute atomic E-state index is 12.1. The number of nitrogens with zero attached hydrogens (tertiary/aromatic N) is 1. The molecule has 0 atom stereocenters. The lowest BCUT2D eigenvalue weighted by atomic mass is 10.1. The van der Waals surface area contributed by atoms with Gasteiger partial charge in [0.25, 0.3) is 0 Å². The van der Waals surface area contributed by atoms with Gasteiger partial charge >= 0.3 is 0 Å². The van der Waals surface area contributed by atoms with Gasteiger partial charge in [-0.15, -0.1) is 12.4 Å². The van der Waals surface area contributed by atoms with Gasteiger partial charge in [-0.05, 0) is 44.5 Å². The molecule has 4 nitrogen and oxygen atoms in total. The second kappa shape index (κ2) is 8.59.